The molecule has 1 amide bonds. The van der Waals surface area contributed by atoms with Crippen LogP contribution in [0.15, 0.2) is 59.1 Å². The first-order chi connectivity index (χ1) is 12.2. The Labute approximate surface area is 157 Å². The van der Waals surface area contributed by atoms with Gasteiger partial charge in [-0.1, -0.05) is 58.4 Å². The summed E-state index contributed by atoms with van der Waals surface area (Å²) in [5, 5.41) is 0. The van der Waals surface area contributed by atoms with Gasteiger partial charge in [0.2, 0.25) is 5.91 Å². The zero-order valence-corrected chi connectivity index (χ0v) is 15.7. The van der Waals surface area contributed by atoms with Crippen LogP contribution < -0.4 is 5.73 Å². The number of nitrogens with zero attached hydrogens (tertiary/aromatic N) is 1. The van der Waals surface area contributed by atoms with Crippen LogP contribution in [-0.2, 0) is 4.79 Å². The number of carbonyl (C=O) groups is 1. The fourth-order valence-corrected chi connectivity index (χ4v) is 4.59. The molecule has 2 unspecified atom stereocenters. The van der Waals surface area contributed by atoms with Gasteiger partial charge in [0.05, 0.1) is 0 Å². The summed E-state index contributed by atoms with van der Waals surface area (Å²) in [5.41, 5.74) is 8.57. The lowest BCUT2D eigenvalue weighted by molar-refractivity contribution is -0.131. The molecule has 1 saturated carbocycles. The van der Waals surface area contributed by atoms with E-state index in [1.165, 1.54) is 11.1 Å². The SMILES string of the molecule is NC[C@@H]1CN(C(=O)C2CC2c2cccc(Br)c2)C[C@H]1c1ccccc1. The predicted octanol–water partition coefficient (Wildman–Crippen LogP) is 3.75. The highest BCUT2D eigenvalue weighted by Gasteiger charge is 2.48. The monoisotopic (exact) mass is 398 g/mol. The van der Waals surface area contributed by atoms with E-state index in [-0.39, 0.29) is 5.92 Å². The Morgan fingerprint density at radius 3 is 2.52 bits per heavy atom. The van der Waals surface area contributed by atoms with Gasteiger partial charge < -0.3 is 10.6 Å². The molecule has 2 aliphatic rings. The van der Waals surface area contributed by atoms with Gasteiger partial charge in [0, 0.05) is 29.4 Å². The van der Waals surface area contributed by atoms with Crippen LogP contribution in [0.25, 0.3) is 0 Å². The first-order valence-corrected chi connectivity index (χ1v) is 9.76. The molecule has 25 heavy (non-hydrogen) atoms. The van der Waals surface area contributed by atoms with E-state index in [1.807, 2.05) is 18.2 Å². The molecule has 2 aromatic rings. The van der Waals surface area contributed by atoms with Gasteiger partial charge >= 0.3 is 0 Å². The van der Waals surface area contributed by atoms with Crippen molar-refractivity contribution in [3.05, 3.63) is 70.2 Å². The minimum absolute atomic E-state index is 0.141. The van der Waals surface area contributed by atoms with Crippen LogP contribution in [0.5, 0.6) is 0 Å². The van der Waals surface area contributed by atoms with E-state index < -0.39 is 0 Å². The molecule has 2 N–H and O–H groups in total. The molecule has 0 radical (unpaired) electrons. The molecule has 0 spiro atoms. The van der Waals surface area contributed by atoms with Crippen molar-refractivity contribution < 1.29 is 4.79 Å². The zero-order chi connectivity index (χ0) is 17.4. The van der Waals surface area contributed by atoms with Crippen molar-refractivity contribution in [2.24, 2.45) is 17.6 Å². The highest BCUT2D eigenvalue weighted by Crippen LogP contribution is 2.49. The summed E-state index contributed by atoms with van der Waals surface area (Å²) >= 11 is 3.52. The summed E-state index contributed by atoms with van der Waals surface area (Å²) in [7, 11) is 0. The van der Waals surface area contributed by atoms with Crippen LogP contribution in [0.4, 0.5) is 0 Å². The summed E-state index contributed by atoms with van der Waals surface area (Å²) in [4.78, 5) is 15.0. The van der Waals surface area contributed by atoms with Crippen LogP contribution in [0, 0.1) is 11.8 Å². The van der Waals surface area contributed by atoms with Gasteiger partial charge in [-0.2, -0.15) is 0 Å². The third-order valence-corrected chi connectivity index (χ3v) is 6.16. The third-order valence-electron chi connectivity index (χ3n) is 5.67. The number of rotatable bonds is 4. The van der Waals surface area contributed by atoms with Crippen LogP contribution >= 0.6 is 15.9 Å². The van der Waals surface area contributed by atoms with E-state index in [0.29, 0.717) is 30.2 Å². The number of carbonyl (C=O) groups excluding carboxylic acids is 1. The number of likely N-dealkylation sites (tertiary alicyclic amines) is 1. The standard InChI is InChI=1S/C21H23BrN2O/c22-17-8-4-7-15(9-17)18-10-19(18)21(25)24-12-16(11-23)20(13-24)14-5-2-1-3-6-14/h1-9,16,18-20H,10-13,23H2/t16-,18?,19?,20+/m1/s1. The largest absolute Gasteiger partial charge is 0.341 e. The van der Waals surface area contributed by atoms with Crippen molar-refractivity contribution in [2.45, 2.75) is 18.3 Å². The smallest absolute Gasteiger partial charge is 0.226 e. The molecular formula is C21H23BrN2O. The molecule has 4 heteroatoms. The van der Waals surface area contributed by atoms with Crippen LogP contribution in [0.2, 0.25) is 0 Å². The molecule has 1 saturated heterocycles. The summed E-state index contributed by atoms with van der Waals surface area (Å²) < 4.78 is 1.08. The average Bonchev–Trinajstić information content (AvgIpc) is 3.33. The summed E-state index contributed by atoms with van der Waals surface area (Å²) in [6.45, 7) is 2.21. The van der Waals surface area contributed by atoms with Crippen molar-refractivity contribution in [1.29, 1.82) is 0 Å². The maximum atomic E-state index is 13.0. The van der Waals surface area contributed by atoms with Gasteiger partial charge in [-0.15, -0.1) is 0 Å². The Kier molecular flexibility index (Phi) is 4.65. The van der Waals surface area contributed by atoms with Crippen molar-refractivity contribution in [1.82, 2.24) is 4.90 Å². The van der Waals surface area contributed by atoms with Crippen LogP contribution in [0.3, 0.4) is 0 Å². The van der Waals surface area contributed by atoms with E-state index in [9.17, 15) is 4.79 Å². The first-order valence-electron chi connectivity index (χ1n) is 8.96. The molecule has 0 bridgehead atoms. The minimum Gasteiger partial charge on any atom is -0.341 e. The van der Waals surface area contributed by atoms with E-state index in [4.69, 9.17) is 5.73 Å². The molecule has 1 aliphatic heterocycles. The Bertz CT molecular complexity index is 764. The molecule has 130 valence electrons. The Balaban J connectivity index is 1.45. The number of nitrogens with two attached hydrogens (primary N) is 1. The maximum absolute atomic E-state index is 13.0. The second-order valence-corrected chi connectivity index (χ2v) is 8.18. The van der Waals surface area contributed by atoms with Crippen LogP contribution in [-0.4, -0.2) is 30.4 Å². The lowest BCUT2D eigenvalue weighted by Gasteiger charge is -2.17. The first kappa shape index (κ1) is 16.8. The Hall–Kier alpha value is -1.65. The fraction of sp³-hybridized carbons (Fsp3) is 0.381. The molecule has 4 rings (SSSR count). The average molecular weight is 399 g/mol. The number of hydrogen-bond donors (Lipinski definition) is 1. The summed E-state index contributed by atoms with van der Waals surface area (Å²) in [6, 6.07) is 18.8. The molecule has 0 aromatic heterocycles. The summed E-state index contributed by atoms with van der Waals surface area (Å²) in [6.07, 6.45) is 0.967. The van der Waals surface area contributed by atoms with Gasteiger partial charge in [-0.25, -0.2) is 0 Å². The summed E-state index contributed by atoms with van der Waals surface area (Å²) in [5.74, 6) is 1.54. The molecule has 2 fully saturated rings. The van der Waals surface area contributed by atoms with Gasteiger partial charge in [0.15, 0.2) is 0 Å². The molecule has 1 aliphatic carbocycles. The van der Waals surface area contributed by atoms with Gasteiger partial charge in [0.25, 0.3) is 0 Å². The van der Waals surface area contributed by atoms with Gasteiger partial charge in [-0.3, -0.25) is 4.79 Å². The second kappa shape index (κ2) is 6.93. The van der Waals surface area contributed by atoms with E-state index in [1.54, 1.807) is 0 Å². The number of benzene rings is 2. The van der Waals surface area contributed by atoms with Crippen LogP contribution in [0.1, 0.15) is 29.4 Å². The predicted molar refractivity (Wildman–Crippen MR) is 103 cm³/mol. The zero-order valence-electron chi connectivity index (χ0n) is 14.1. The van der Waals surface area contributed by atoms with E-state index >= 15 is 0 Å². The van der Waals surface area contributed by atoms with Crippen molar-refractivity contribution in [3.63, 3.8) is 0 Å². The van der Waals surface area contributed by atoms with Gasteiger partial charge in [-0.05, 0) is 48.1 Å². The van der Waals surface area contributed by atoms with Crippen molar-refractivity contribution in [2.75, 3.05) is 19.6 Å². The minimum atomic E-state index is 0.141. The lowest BCUT2D eigenvalue weighted by atomic mass is 9.89. The Morgan fingerprint density at radius 1 is 1.04 bits per heavy atom. The second-order valence-electron chi connectivity index (χ2n) is 7.26. The number of amides is 1. The topological polar surface area (TPSA) is 46.3 Å². The number of halogens is 1. The molecule has 2 aromatic carbocycles. The normalized spacial score (nSPS) is 28.2. The lowest BCUT2D eigenvalue weighted by Crippen LogP contribution is -2.31. The van der Waals surface area contributed by atoms with E-state index in [2.05, 4.69) is 57.2 Å². The quantitative estimate of drug-likeness (QED) is 0.851. The maximum Gasteiger partial charge on any atom is 0.226 e. The molecule has 3 nitrogen and oxygen atoms in total. The molecule has 1 heterocycles. The Morgan fingerprint density at radius 2 is 1.80 bits per heavy atom. The molecular weight excluding hydrogens is 376 g/mol. The highest BCUT2D eigenvalue weighted by molar-refractivity contribution is 9.10. The third kappa shape index (κ3) is 3.38. The van der Waals surface area contributed by atoms with Gasteiger partial charge in [0.1, 0.15) is 0 Å². The number of hydrogen-bond acceptors (Lipinski definition) is 2. The van der Waals surface area contributed by atoms with Crippen molar-refractivity contribution in [3.8, 4) is 0 Å². The fourth-order valence-electron chi connectivity index (χ4n) is 4.18. The molecule has 4 atom stereocenters. The van der Waals surface area contributed by atoms with E-state index in [0.717, 1.165) is 24.0 Å². The highest BCUT2D eigenvalue weighted by atomic mass is 79.9. The van der Waals surface area contributed by atoms with Crippen molar-refractivity contribution >= 4 is 21.8 Å².